The number of hydrogen-bond donors (Lipinski definition) is 0. The predicted molar refractivity (Wildman–Crippen MR) is 116 cm³/mol. The van der Waals surface area contributed by atoms with Crippen LogP contribution in [0.25, 0.3) is 0 Å². The van der Waals surface area contributed by atoms with E-state index in [2.05, 4.69) is 73.3 Å². The van der Waals surface area contributed by atoms with E-state index in [4.69, 9.17) is 4.74 Å². The van der Waals surface area contributed by atoms with Crippen molar-refractivity contribution >= 4 is 0 Å². The van der Waals surface area contributed by atoms with Crippen molar-refractivity contribution in [3.63, 3.8) is 0 Å². The van der Waals surface area contributed by atoms with Crippen LogP contribution >= 0.6 is 0 Å². The summed E-state index contributed by atoms with van der Waals surface area (Å²) in [6.45, 7) is 17.3. The second-order valence-electron chi connectivity index (χ2n) is 9.08. The average molecular weight is 389 g/mol. The van der Waals surface area contributed by atoms with Crippen molar-refractivity contribution in [2.45, 2.75) is 85.7 Å². The first-order valence-electron chi connectivity index (χ1n) is 11.0. The molecule has 5 heteroatoms. The van der Waals surface area contributed by atoms with Crippen LogP contribution in [0.15, 0.2) is 24.9 Å². The molecule has 1 fully saturated rings. The van der Waals surface area contributed by atoms with Gasteiger partial charge in [-0.2, -0.15) is 5.10 Å². The average Bonchev–Trinajstić information content (AvgIpc) is 3.40. The molecule has 1 aliphatic heterocycles. The van der Waals surface area contributed by atoms with E-state index in [-0.39, 0.29) is 0 Å². The molecule has 0 saturated carbocycles. The zero-order chi connectivity index (χ0) is 20.5. The predicted octanol–water partition coefficient (Wildman–Crippen LogP) is 5.49. The van der Waals surface area contributed by atoms with Crippen LogP contribution in [0.1, 0.15) is 83.9 Å². The van der Waals surface area contributed by atoms with Crippen molar-refractivity contribution < 1.29 is 4.74 Å². The van der Waals surface area contributed by atoms with Crippen LogP contribution in [0.5, 0.6) is 0 Å². The smallest absolute Gasteiger partial charge is 0.0949 e. The van der Waals surface area contributed by atoms with Crippen molar-refractivity contribution in [1.29, 1.82) is 0 Å². The maximum Gasteiger partial charge on any atom is 0.0949 e. The molecule has 1 atom stereocenters. The minimum atomic E-state index is 0.542. The van der Waals surface area contributed by atoms with Crippen molar-refractivity contribution in [2.24, 2.45) is 11.8 Å². The SMILES string of the molecule is CC(C)CCn1cnc(C(C)C)c1.CC(C)c1cnn(CCC2CCOC2)c1. The van der Waals surface area contributed by atoms with Crippen LogP contribution in [0.2, 0.25) is 0 Å². The summed E-state index contributed by atoms with van der Waals surface area (Å²) in [4.78, 5) is 4.36. The first-order chi connectivity index (χ1) is 13.3. The molecule has 0 radical (unpaired) electrons. The number of aromatic nitrogens is 4. The molecule has 28 heavy (non-hydrogen) atoms. The van der Waals surface area contributed by atoms with Crippen LogP contribution in [0, 0.1) is 11.8 Å². The Hall–Kier alpha value is -1.62. The summed E-state index contributed by atoms with van der Waals surface area (Å²) >= 11 is 0. The first kappa shape index (κ1) is 22.7. The summed E-state index contributed by atoms with van der Waals surface area (Å²) in [5.74, 6) is 2.63. The van der Waals surface area contributed by atoms with E-state index in [0.29, 0.717) is 11.8 Å². The number of hydrogen-bond acceptors (Lipinski definition) is 3. The molecule has 0 spiro atoms. The third kappa shape index (κ3) is 7.78. The van der Waals surface area contributed by atoms with E-state index in [0.717, 1.165) is 38.1 Å². The largest absolute Gasteiger partial charge is 0.381 e. The summed E-state index contributed by atoms with van der Waals surface area (Å²) in [5, 5.41) is 4.37. The van der Waals surface area contributed by atoms with Crippen molar-refractivity contribution in [3.8, 4) is 0 Å². The Morgan fingerprint density at radius 2 is 1.86 bits per heavy atom. The van der Waals surface area contributed by atoms with Gasteiger partial charge in [0.2, 0.25) is 0 Å². The molecule has 0 N–H and O–H groups in total. The third-order valence-corrected chi connectivity index (χ3v) is 5.32. The van der Waals surface area contributed by atoms with Crippen LogP contribution in [0.4, 0.5) is 0 Å². The second kappa shape index (κ2) is 11.4. The standard InChI is InChI=1S/C12H20N2O.C11H20N2/c1-10(2)12-7-13-14(8-12)5-3-11-4-6-15-9-11;1-9(2)5-6-13-7-11(10(3)4)12-8-13/h7-8,10-11H,3-6,9H2,1-2H3;7-10H,5-6H2,1-4H3. The molecule has 2 aromatic heterocycles. The van der Waals surface area contributed by atoms with E-state index in [1.165, 1.54) is 30.5 Å². The van der Waals surface area contributed by atoms with Crippen LogP contribution in [-0.4, -0.2) is 32.5 Å². The fourth-order valence-corrected chi connectivity index (χ4v) is 3.13. The normalized spacial score (nSPS) is 16.8. The molecule has 2 aromatic rings. The summed E-state index contributed by atoms with van der Waals surface area (Å²) in [5.41, 5.74) is 2.53. The Kier molecular flexibility index (Phi) is 9.23. The highest BCUT2D eigenvalue weighted by Gasteiger charge is 2.15. The number of nitrogens with zero attached hydrogens (tertiary/aromatic N) is 4. The lowest BCUT2D eigenvalue weighted by Crippen LogP contribution is -2.06. The Morgan fingerprint density at radius 1 is 1.07 bits per heavy atom. The van der Waals surface area contributed by atoms with E-state index >= 15 is 0 Å². The first-order valence-corrected chi connectivity index (χ1v) is 11.0. The molecule has 1 saturated heterocycles. The van der Waals surface area contributed by atoms with Gasteiger partial charge >= 0.3 is 0 Å². The van der Waals surface area contributed by atoms with Gasteiger partial charge in [0.15, 0.2) is 0 Å². The maximum absolute atomic E-state index is 5.36. The van der Waals surface area contributed by atoms with Crippen molar-refractivity contribution in [3.05, 3.63) is 36.2 Å². The highest BCUT2D eigenvalue weighted by molar-refractivity contribution is 5.08. The third-order valence-electron chi connectivity index (χ3n) is 5.32. The Morgan fingerprint density at radius 3 is 2.39 bits per heavy atom. The lowest BCUT2D eigenvalue weighted by molar-refractivity contribution is 0.183. The summed E-state index contributed by atoms with van der Waals surface area (Å²) < 4.78 is 9.61. The lowest BCUT2D eigenvalue weighted by Gasteiger charge is -2.06. The molecule has 5 nitrogen and oxygen atoms in total. The quantitative estimate of drug-likeness (QED) is 0.601. The maximum atomic E-state index is 5.36. The molecule has 158 valence electrons. The highest BCUT2D eigenvalue weighted by atomic mass is 16.5. The highest BCUT2D eigenvalue weighted by Crippen LogP contribution is 2.18. The second-order valence-corrected chi connectivity index (χ2v) is 9.08. The van der Waals surface area contributed by atoms with Gasteiger partial charge in [-0.25, -0.2) is 4.98 Å². The zero-order valence-electron chi connectivity index (χ0n) is 18.8. The fourth-order valence-electron chi connectivity index (χ4n) is 3.13. The topological polar surface area (TPSA) is 44.9 Å². The van der Waals surface area contributed by atoms with Gasteiger partial charge in [0.25, 0.3) is 0 Å². The van der Waals surface area contributed by atoms with Crippen LogP contribution in [0.3, 0.4) is 0 Å². The lowest BCUT2D eigenvalue weighted by atomic mass is 10.1. The molecular weight excluding hydrogens is 348 g/mol. The Balaban J connectivity index is 0.000000203. The van der Waals surface area contributed by atoms with Gasteiger partial charge in [-0.1, -0.05) is 41.5 Å². The monoisotopic (exact) mass is 388 g/mol. The minimum absolute atomic E-state index is 0.542. The number of ether oxygens (including phenoxy) is 1. The van der Waals surface area contributed by atoms with E-state index in [1.54, 1.807) is 0 Å². The van der Waals surface area contributed by atoms with Gasteiger partial charge in [-0.3, -0.25) is 4.68 Å². The number of imidazole rings is 1. The molecule has 3 heterocycles. The van der Waals surface area contributed by atoms with Gasteiger partial charge in [0.1, 0.15) is 0 Å². The van der Waals surface area contributed by atoms with Gasteiger partial charge < -0.3 is 9.30 Å². The van der Waals surface area contributed by atoms with Crippen LogP contribution in [-0.2, 0) is 17.8 Å². The summed E-state index contributed by atoms with van der Waals surface area (Å²) in [7, 11) is 0. The van der Waals surface area contributed by atoms with Gasteiger partial charge in [0.05, 0.1) is 18.2 Å². The zero-order valence-corrected chi connectivity index (χ0v) is 18.8. The Labute approximate surface area is 171 Å². The van der Waals surface area contributed by atoms with Gasteiger partial charge in [-0.15, -0.1) is 0 Å². The molecule has 0 aromatic carbocycles. The van der Waals surface area contributed by atoms with E-state index in [1.807, 2.05) is 12.5 Å². The molecule has 0 amide bonds. The molecule has 3 rings (SSSR count). The molecule has 0 bridgehead atoms. The van der Waals surface area contributed by atoms with Gasteiger partial charge in [-0.05, 0) is 48.5 Å². The summed E-state index contributed by atoms with van der Waals surface area (Å²) in [6.07, 6.45) is 11.9. The van der Waals surface area contributed by atoms with Crippen LogP contribution < -0.4 is 0 Å². The molecule has 1 unspecified atom stereocenters. The fraction of sp³-hybridized carbons (Fsp3) is 0.739. The summed E-state index contributed by atoms with van der Waals surface area (Å²) in [6, 6.07) is 0. The number of rotatable bonds is 8. The minimum Gasteiger partial charge on any atom is -0.381 e. The van der Waals surface area contributed by atoms with E-state index in [9.17, 15) is 0 Å². The Bertz CT molecular complexity index is 666. The van der Waals surface area contributed by atoms with Gasteiger partial charge in [0, 0.05) is 38.7 Å². The van der Waals surface area contributed by atoms with E-state index < -0.39 is 0 Å². The van der Waals surface area contributed by atoms with Crippen molar-refractivity contribution in [1.82, 2.24) is 19.3 Å². The number of aryl methyl sites for hydroxylation is 2. The van der Waals surface area contributed by atoms with Crippen molar-refractivity contribution in [2.75, 3.05) is 13.2 Å². The molecule has 1 aliphatic rings. The molecular formula is C23H40N4O. The molecule has 0 aliphatic carbocycles.